The Bertz CT molecular complexity index is 759. The summed E-state index contributed by atoms with van der Waals surface area (Å²) in [5, 5.41) is 13.7. The number of alkyl halides is 1. The molecule has 114 valence electrons. The number of nitro groups is 1. The molecule has 0 aliphatic carbocycles. The monoisotopic (exact) mass is 383 g/mol. The molecule has 7 nitrogen and oxygen atoms in total. The van der Waals surface area contributed by atoms with Gasteiger partial charge in [-0.1, -0.05) is 33.3 Å². The predicted octanol–water partition coefficient (Wildman–Crippen LogP) is 3.19. The van der Waals surface area contributed by atoms with E-state index in [9.17, 15) is 19.7 Å². The van der Waals surface area contributed by atoms with E-state index < -0.39 is 10.8 Å². The Morgan fingerprint density at radius 2 is 2.18 bits per heavy atom. The van der Waals surface area contributed by atoms with Gasteiger partial charge < -0.3 is 0 Å². The first-order valence-corrected chi connectivity index (χ1v) is 7.98. The van der Waals surface area contributed by atoms with Gasteiger partial charge in [-0.2, -0.15) is 0 Å². The molecule has 2 aromatic rings. The Balaban J connectivity index is 2.20. The number of nitro benzene ring substituents is 1. The number of rotatable bonds is 5. The first-order chi connectivity index (χ1) is 10.4. The summed E-state index contributed by atoms with van der Waals surface area (Å²) in [5.41, 5.74) is 0.511. The van der Waals surface area contributed by atoms with E-state index in [1.807, 2.05) is 0 Å². The summed E-state index contributed by atoms with van der Waals surface area (Å²) in [5.74, 6) is -0.638. The minimum atomic E-state index is -0.572. The predicted molar refractivity (Wildman–Crippen MR) is 86.0 cm³/mol. The molecule has 1 heterocycles. The lowest BCUT2D eigenvalue weighted by Crippen LogP contribution is -2.11. The SMILES string of the molecule is Cc1nc(NC(=O)c2cccc([N+](=O)[O-])c2)sc1C(=O)CBr. The zero-order chi connectivity index (χ0) is 16.3. The first kappa shape index (κ1) is 16.2. The van der Waals surface area contributed by atoms with Gasteiger partial charge in [0.15, 0.2) is 10.9 Å². The lowest BCUT2D eigenvalue weighted by molar-refractivity contribution is -0.384. The molecule has 1 amide bonds. The van der Waals surface area contributed by atoms with E-state index in [1.165, 1.54) is 24.3 Å². The van der Waals surface area contributed by atoms with E-state index in [0.717, 1.165) is 11.3 Å². The van der Waals surface area contributed by atoms with Gasteiger partial charge in [-0.05, 0) is 13.0 Å². The number of benzene rings is 1. The Morgan fingerprint density at radius 1 is 1.45 bits per heavy atom. The second-order valence-corrected chi connectivity index (χ2v) is 5.81. The molecule has 0 fully saturated rings. The van der Waals surface area contributed by atoms with Crippen LogP contribution < -0.4 is 5.32 Å². The minimum Gasteiger partial charge on any atom is -0.298 e. The second-order valence-electron chi connectivity index (χ2n) is 4.25. The fourth-order valence-corrected chi connectivity index (χ4v) is 3.06. The zero-order valence-electron chi connectivity index (χ0n) is 11.3. The fourth-order valence-electron chi connectivity index (χ4n) is 1.70. The molecule has 0 bridgehead atoms. The average Bonchev–Trinajstić information content (AvgIpc) is 2.87. The van der Waals surface area contributed by atoms with Crippen LogP contribution in [0.25, 0.3) is 0 Å². The quantitative estimate of drug-likeness (QED) is 0.369. The van der Waals surface area contributed by atoms with Gasteiger partial charge in [0.05, 0.1) is 20.8 Å². The number of hydrogen-bond acceptors (Lipinski definition) is 6. The minimum absolute atomic E-state index is 0.120. The van der Waals surface area contributed by atoms with E-state index in [2.05, 4.69) is 26.2 Å². The molecule has 0 saturated heterocycles. The number of nitrogens with zero attached hydrogens (tertiary/aromatic N) is 2. The molecule has 0 saturated carbocycles. The molecule has 0 unspecified atom stereocenters. The number of thiazole rings is 1. The van der Waals surface area contributed by atoms with E-state index in [1.54, 1.807) is 6.92 Å². The van der Waals surface area contributed by atoms with Gasteiger partial charge in [0.25, 0.3) is 11.6 Å². The van der Waals surface area contributed by atoms with Crippen molar-refractivity contribution in [1.82, 2.24) is 4.98 Å². The maximum atomic E-state index is 12.1. The van der Waals surface area contributed by atoms with E-state index in [4.69, 9.17) is 0 Å². The number of Topliss-reactive ketones (excluding diaryl/α,β-unsaturated/α-hetero) is 1. The van der Waals surface area contributed by atoms with Crippen molar-refractivity contribution in [2.24, 2.45) is 0 Å². The molecular weight excluding hydrogens is 374 g/mol. The Hall–Kier alpha value is -2.13. The Kier molecular flexibility index (Phi) is 4.99. The van der Waals surface area contributed by atoms with Gasteiger partial charge in [-0.15, -0.1) is 0 Å². The largest absolute Gasteiger partial charge is 0.298 e. The van der Waals surface area contributed by atoms with Crippen molar-refractivity contribution in [2.45, 2.75) is 6.92 Å². The molecule has 2 rings (SSSR count). The lowest BCUT2D eigenvalue weighted by Gasteiger charge is -2.01. The van der Waals surface area contributed by atoms with Gasteiger partial charge in [0.2, 0.25) is 0 Å². The molecule has 22 heavy (non-hydrogen) atoms. The summed E-state index contributed by atoms with van der Waals surface area (Å²) in [6, 6.07) is 5.38. The standard InChI is InChI=1S/C13H10BrN3O4S/c1-7-11(10(18)6-14)22-13(15-7)16-12(19)8-3-2-4-9(5-8)17(20)21/h2-5H,6H2,1H3,(H,15,16,19). The maximum Gasteiger partial charge on any atom is 0.270 e. The summed E-state index contributed by atoms with van der Waals surface area (Å²) in [4.78, 5) is 38.5. The summed E-state index contributed by atoms with van der Waals surface area (Å²) in [6.07, 6.45) is 0. The maximum absolute atomic E-state index is 12.1. The van der Waals surface area contributed by atoms with Gasteiger partial charge in [-0.3, -0.25) is 25.0 Å². The number of amides is 1. The molecule has 0 radical (unpaired) electrons. The van der Waals surface area contributed by atoms with Crippen LogP contribution in [0.5, 0.6) is 0 Å². The molecule has 1 N–H and O–H groups in total. The number of ketones is 1. The van der Waals surface area contributed by atoms with Crippen LogP contribution >= 0.6 is 27.3 Å². The Labute approximate surface area is 137 Å². The van der Waals surface area contributed by atoms with Crippen LogP contribution in [0, 0.1) is 17.0 Å². The summed E-state index contributed by atoms with van der Waals surface area (Å²) in [6.45, 7) is 1.68. The average molecular weight is 384 g/mol. The summed E-state index contributed by atoms with van der Waals surface area (Å²) in [7, 11) is 0. The molecule has 0 atom stereocenters. The fraction of sp³-hybridized carbons (Fsp3) is 0.154. The van der Waals surface area contributed by atoms with Crippen molar-refractivity contribution < 1.29 is 14.5 Å². The van der Waals surface area contributed by atoms with Crippen LogP contribution in [0.2, 0.25) is 0 Å². The highest BCUT2D eigenvalue weighted by Crippen LogP contribution is 2.24. The molecule has 1 aromatic heterocycles. The van der Waals surface area contributed by atoms with Crippen LogP contribution in [0.15, 0.2) is 24.3 Å². The molecule has 0 spiro atoms. The number of halogens is 1. The van der Waals surface area contributed by atoms with Gasteiger partial charge >= 0.3 is 0 Å². The second kappa shape index (κ2) is 6.75. The van der Waals surface area contributed by atoms with Gasteiger partial charge in [0, 0.05) is 17.7 Å². The van der Waals surface area contributed by atoms with Crippen molar-refractivity contribution in [3.8, 4) is 0 Å². The van der Waals surface area contributed by atoms with Crippen LogP contribution in [0.3, 0.4) is 0 Å². The van der Waals surface area contributed by atoms with Gasteiger partial charge in [-0.25, -0.2) is 4.98 Å². The molecule has 0 aliphatic rings. The van der Waals surface area contributed by atoms with E-state index in [-0.39, 0.29) is 27.5 Å². The highest BCUT2D eigenvalue weighted by molar-refractivity contribution is 9.09. The normalized spacial score (nSPS) is 10.3. The first-order valence-electron chi connectivity index (χ1n) is 6.04. The third-order valence-corrected chi connectivity index (χ3v) is 4.33. The van der Waals surface area contributed by atoms with Crippen molar-refractivity contribution in [3.63, 3.8) is 0 Å². The van der Waals surface area contributed by atoms with Crippen molar-refractivity contribution in [1.29, 1.82) is 0 Å². The lowest BCUT2D eigenvalue weighted by atomic mass is 10.2. The smallest absolute Gasteiger partial charge is 0.270 e. The topological polar surface area (TPSA) is 102 Å². The summed E-state index contributed by atoms with van der Waals surface area (Å²) >= 11 is 4.15. The third kappa shape index (κ3) is 3.55. The van der Waals surface area contributed by atoms with Crippen LogP contribution in [-0.4, -0.2) is 26.9 Å². The van der Waals surface area contributed by atoms with E-state index in [0.29, 0.717) is 10.6 Å². The Morgan fingerprint density at radius 3 is 2.82 bits per heavy atom. The number of hydrogen-bond donors (Lipinski definition) is 1. The number of nitrogens with one attached hydrogen (secondary N) is 1. The number of aromatic nitrogens is 1. The number of carbonyl (C=O) groups excluding carboxylic acids is 2. The van der Waals surface area contributed by atoms with E-state index >= 15 is 0 Å². The number of carbonyl (C=O) groups is 2. The molecule has 0 aliphatic heterocycles. The zero-order valence-corrected chi connectivity index (χ0v) is 13.7. The third-order valence-electron chi connectivity index (χ3n) is 2.71. The number of aryl methyl sites for hydroxylation is 1. The number of non-ortho nitro benzene ring substituents is 1. The molecule has 1 aromatic carbocycles. The summed E-state index contributed by atoms with van der Waals surface area (Å²) < 4.78 is 0. The van der Waals surface area contributed by atoms with Crippen LogP contribution in [0.4, 0.5) is 10.8 Å². The van der Waals surface area contributed by atoms with Crippen molar-refractivity contribution in [2.75, 3.05) is 10.6 Å². The number of anilines is 1. The molecule has 9 heteroatoms. The van der Waals surface area contributed by atoms with Gasteiger partial charge in [0.1, 0.15) is 0 Å². The van der Waals surface area contributed by atoms with Crippen molar-refractivity contribution >= 4 is 49.8 Å². The highest BCUT2D eigenvalue weighted by atomic mass is 79.9. The van der Waals surface area contributed by atoms with Crippen molar-refractivity contribution in [3.05, 3.63) is 50.5 Å². The molecular formula is C13H10BrN3O4S. The van der Waals surface area contributed by atoms with Crippen LogP contribution in [0.1, 0.15) is 25.7 Å². The van der Waals surface area contributed by atoms with Crippen LogP contribution in [-0.2, 0) is 0 Å². The highest BCUT2D eigenvalue weighted by Gasteiger charge is 2.17.